The zero-order chi connectivity index (χ0) is 13.1. The van der Waals surface area contributed by atoms with Crippen LogP contribution in [0.2, 0.25) is 0 Å². The lowest BCUT2D eigenvalue weighted by Crippen LogP contribution is -2.44. The van der Waals surface area contributed by atoms with Crippen LogP contribution in [0.3, 0.4) is 0 Å². The maximum Gasteiger partial charge on any atom is 0.0570 e. The molecule has 108 valence electrons. The van der Waals surface area contributed by atoms with Crippen LogP contribution in [-0.2, 0) is 0 Å². The van der Waals surface area contributed by atoms with Crippen LogP contribution in [0.4, 0.5) is 0 Å². The molecular weight excluding hydrogens is 222 g/mol. The number of nitrogens with one attached hydrogen (secondary N) is 1. The summed E-state index contributed by atoms with van der Waals surface area (Å²) < 4.78 is 0. The molecule has 1 aliphatic rings. The summed E-state index contributed by atoms with van der Waals surface area (Å²) >= 11 is 0. The molecule has 0 aromatic rings. The Kier molecular flexibility index (Phi) is 9.59. The normalized spacial score (nSPS) is 23.0. The predicted octanol–water partition coefficient (Wildman–Crippen LogP) is 4.02. The number of unbranched alkanes of at least 4 members (excludes halogenated alkanes) is 9. The number of aliphatic hydroxyl groups is 1. The molecule has 1 fully saturated rings. The van der Waals surface area contributed by atoms with Crippen molar-refractivity contribution in [1.82, 2.24) is 5.32 Å². The molecule has 0 heterocycles. The first-order chi connectivity index (χ1) is 8.83. The molecule has 0 unspecified atom stereocenters. The third kappa shape index (κ3) is 8.10. The average molecular weight is 255 g/mol. The molecule has 18 heavy (non-hydrogen) atoms. The molecule has 0 radical (unpaired) electrons. The van der Waals surface area contributed by atoms with Gasteiger partial charge in [-0.25, -0.2) is 0 Å². The number of rotatable bonds is 12. The van der Waals surface area contributed by atoms with E-state index in [1.165, 1.54) is 64.2 Å². The summed E-state index contributed by atoms with van der Waals surface area (Å²) in [7, 11) is 0. The molecule has 2 nitrogen and oxygen atoms in total. The van der Waals surface area contributed by atoms with Crippen molar-refractivity contribution in [3.63, 3.8) is 0 Å². The van der Waals surface area contributed by atoms with Gasteiger partial charge in [0.25, 0.3) is 0 Å². The number of hydrogen-bond donors (Lipinski definition) is 2. The summed E-state index contributed by atoms with van der Waals surface area (Å²) in [6.07, 6.45) is 16.0. The molecule has 0 aromatic heterocycles. The first kappa shape index (κ1) is 16.0. The minimum Gasteiger partial charge on any atom is -0.393 e. The molecule has 0 saturated heterocycles. The van der Waals surface area contributed by atoms with Gasteiger partial charge in [-0.05, 0) is 25.8 Å². The summed E-state index contributed by atoms with van der Waals surface area (Å²) in [5.74, 6) is 0. The Hall–Kier alpha value is -0.0800. The SMILES string of the molecule is CCCCCCCCCCCCNC1CC(O)C1. The third-order valence-corrected chi connectivity index (χ3v) is 4.08. The molecular formula is C16H33NO. The zero-order valence-electron chi connectivity index (χ0n) is 12.3. The third-order valence-electron chi connectivity index (χ3n) is 4.08. The molecule has 0 atom stereocenters. The van der Waals surface area contributed by atoms with E-state index in [0.717, 1.165) is 19.4 Å². The minimum absolute atomic E-state index is 0.0183. The molecule has 2 N–H and O–H groups in total. The lowest BCUT2D eigenvalue weighted by molar-refractivity contribution is 0.0626. The first-order valence-electron chi connectivity index (χ1n) is 8.24. The van der Waals surface area contributed by atoms with E-state index in [0.29, 0.717) is 6.04 Å². The second-order valence-electron chi connectivity index (χ2n) is 5.96. The maximum absolute atomic E-state index is 9.16. The Morgan fingerprint density at radius 3 is 1.83 bits per heavy atom. The lowest BCUT2D eigenvalue weighted by atomic mass is 9.89. The molecule has 0 aliphatic heterocycles. The largest absolute Gasteiger partial charge is 0.393 e. The van der Waals surface area contributed by atoms with Crippen LogP contribution < -0.4 is 5.32 Å². The van der Waals surface area contributed by atoms with Gasteiger partial charge in [-0.3, -0.25) is 0 Å². The van der Waals surface area contributed by atoms with Gasteiger partial charge in [0.1, 0.15) is 0 Å². The highest BCUT2D eigenvalue weighted by molar-refractivity contribution is 4.84. The molecule has 0 spiro atoms. The van der Waals surface area contributed by atoms with Crippen LogP contribution in [-0.4, -0.2) is 23.8 Å². The molecule has 1 aliphatic carbocycles. The highest BCUT2D eigenvalue weighted by Gasteiger charge is 2.25. The molecule has 2 heteroatoms. The maximum atomic E-state index is 9.16. The molecule has 0 bridgehead atoms. The van der Waals surface area contributed by atoms with Gasteiger partial charge in [0.2, 0.25) is 0 Å². The van der Waals surface area contributed by atoms with Gasteiger partial charge < -0.3 is 10.4 Å². The summed E-state index contributed by atoms with van der Waals surface area (Å²) in [6, 6.07) is 0.610. The van der Waals surface area contributed by atoms with E-state index in [1.54, 1.807) is 0 Å². The van der Waals surface area contributed by atoms with Gasteiger partial charge in [-0.2, -0.15) is 0 Å². The highest BCUT2D eigenvalue weighted by atomic mass is 16.3. The zero-order valence-corrected chi connectivity index (χ0v) is 12.3. The standard InChI is InChI=1S/C16H33NO/c1-2-3-4-5-6-7-8-9-10-11-12-17-15-13-16(18)14-15/h15-18H,2-14H2,1H3. The van der Waals surface area contributed by atoms with Crippen LogP contribution in [0.15, 0.2) is 0 Å². The van der Waals surface area contributed by atoms with Crippen LogP contribution in [0.1, 0.15) is 84.0 Å². The van der Waals surface area contributed by atoms with E-state index in [2.05, 4.69) is 12.2 Å². The van der Waals surface area contributed by atoms with Crippen molar-refractivity contribution >= 4 is 0 Å². The second kappa shape index (κ2) is 10.8. The Balaban J connectivity index is 1.66. The van der Waals surface area contributed by atoms with Crippen molar-refractivity contribution in [2.45, 2.75) is 96.1 Å². The van der Waals surface area contributed by atoms with Crippen molar-refractivity contribution in [3.05, 3.63) is 0 Å². The smallest absolute Gasteiger partial charge is 0.0570 e. The fourth-order valence-corrected chi connectivity index (χ4v) is 2.67. The van der Waals surface area contributed by atoms with E-state index in [1.807, 2.05) is 0 Å². The fraction of sp³-hybridized carbons (Fsp3) is 1.00. The van der Waals surface area contributed by atoms with Crippen molar-refractivity contribution in [1.29, 1.82) is 0 Å². The van der Waals surface area contributed by atoms with Gasteiger partial charge in [0.15, 0.2) is 0 Å². The predicted molar refractivity (Wildman–Crippen MR) is 78.9 cm³/mol. The summed E-state index contributed by atoms with van der Waals surface area (Å²) in [5.41, 5.74) is 0. The van der Waals surface area contributed by atoms with Gasteiger partial charge in [0.05, 0.1) is 6.10 Å². The number of aliphatic hydroxyl groups excluding tert-OH is 1. The van der Waals surface area contributed by atoms with Crippen molar-refractivity contribution < 1.29 is 5.11 Å². The van der Waals surface area contributed by atoms with Crippen molar-refractivity contribution in [3.8, 4) is 0 Å². The summed E-state index contributed by atoms with van der Waals surface area (Å²) in [5, 5.41) is 12.7. The van der Waals surface area contributed by atoms with Crippen LogP contribution in [0.5, 0.6) is 0 Å². The fourth-order valence-electron chi connectivity index (χ4n) is 2.67. The Morgan fingerprint density at radius 1 is 0.833 bits per heavy atom. The van der Waals surface area contributed by atoms with Crippen molar-refractivity contribution in [2.24, 2.45) is 0 Å². The Labute approximate surface area is 114 Å². The first-order valence-corrected chi connectivity index (χ1v) is 8.24. The molecule has 1 saturated carbocycles. The summed E-state index contributed by atoms with van der Waals surface area (Å²) in [4.78, 5) is 0. The molecule has 1 rings (SSSR count). The average Bonchev–Trinajstić information content (AvgIpc) is 2.33. The van der Waals surface area contributed by atoms with Gasteiger partial charge >= 0.3 is 0 Å². The highest BCUT2D eigenvalue weighted by Crippen LogP contribution is 2.19. The lowest BCUT2D eigenvalue weighted by Gasteiger charge is -2.32. The van der Waals surface area contributed by atoms with E-state index in [9.17, 15) is 0 Å². The van der Waals surface area contributed by atoms with Gasteiger partial charge in [0, 0.05) is 6.04 Å². The van der Waals surface area contributed by atoms with Crippen LogP contribution in [0, 0.1) is 0 Å². The van der Waals surface area contributed by atoms with E-state index in [4.69, 9.17) is 5.11 Å². The topological polar surface area (TPSA) is 32.3 Å². The quantitative estimate of drug-likeness (QED) is 0.516. The monoisotopic (exact) mass is 255 g/mol. The summed E-state index contributed by atoms with van der Waals surface area (Å²) in [6.45, 7) is 3.42. The Morgan fingerprint density at radius 2 is 1.33 bits per heavy atom. The molecule has 0 aromatic carbocycles. The van der Waals surface area contributed by atoms with Gasteiger partial charge in [-0.15, -0.1) is 0 Å². The van der Waals surface area contributed by atoms with E-state index < -0.39 is 0 Å². The van der Waals surface area contributed by atoms with E-state index >= 15 is 0 Å². The van der Waals surface area contributed by atoms with Crippen LogP contribution >= 0.6 is 0 Å². The minimum atomic E-state index is -0.0183. The van der Waals surface area contributed by atoms with Gasteiger partial charge in [-0.1, -0.05) is 64.7 Å². The van der Waals surface area contributed by atoms with Crippen molar-refractivity contribution in [2.75, 3.05) is 6.54 Å². The second-order valence-corrected chi connectivity index (χ2v) is 5.96. The van der Waals surface area contributed by atoms with E-state index in [-0.39, 0.29) is 6.10 Å². The number of hydrogen-bond acceptors (Lipinski definition) is 2. The van der Waals surface area contributed by atoms with Crippen LogP contribution in [0.25, 0.3) is 0 Å². The Bertz CT molecular complexity index is 178. The molecule has 0 amide bonds.